The highest BCUT2D eigenvalue weighted by molar-refractivity contribution is 7.86. The normalized spacial score (nSPS) is 10.5. The Bertz CT molecular complexity index is 475. The average molecular weight is 224 g/mol. The standard InChI is InChI=1S/C11H12O3S/c1-3-4-9-14-15(12,13)11-7-5-10(2)6-8-11/h5-8H,9H2,1-2H3. The van der Waals surface area contributed by atoms with E-state index in [4.69, 9.17) is 4.18 Å². The summed E-state index contributed by atoms with van der Waals surface area (Å²) < 4.78 is 27.8. The SMILES string of the molecule is CC#CCOS(=O)(=O)c1ccc(C)cc1. The minimum absolute atomic E-state index is 0.104. The second-order valence-electron chi connectivity index (χ2n) is 2.96. The zero-order chi connectivity index (χ0) is 11.3. The third-order valence-corrected chi connectivity index (χ3v) is 3.05. The van der Waals surface area contributed by atoms with Gasteiger partial charge in [0.15, 0.2) is 0 Å². The van der Waals surface area contributed by atoms with Crippen molar-refractivity contribution in [1.29, 1.82) is 0 Å². The van der Waals surface area contributed by atoms with Gasteiger partial charge in [-0.3, -0.25) is 4.18 Å². The van der Waals surface area contributed by atoms with E-state index in [1.54, 1.807) is 19.1 Å². The fourth-order valence-corrected chi connectivity index (χ4v) is 1.77. The van der Waals surface area contributed by atoms with Gasteiger partial charge in [0.05, 0.1) is 4.90 Å². The van der Waals surface area contributed by atoms with Crippen molar-refractivity contribution in [2.45, 2.75) is 18.7 Å². The van der Waals surface area contributed by atoms with E-state index in [1.165, 1.54) is 12.1 Å². The van der Waals surface area contributed by atoms with Crippen LogP contribution in [0.15, 0.2) is 29.2 Å². The van der Waals surface area contributed by atoms with Crippen LogP contribution < -0.4 is 0 Å². The van der Waals surface area contributed by atoms with Crippen LogP contribution in [0.5, 0.6) is 0 Å². The summed E-state index contributed by atoms with van der Waals surface area (Å²) in [6.45, 7) is 3.41. The molecule has 0 amide bonds. The van der Waals surface area contributed by atoms with Crippen molar-refractivity contribution in [2.75, 3.05) is 6.61 Å². The van der Waals surface area contributed by atoms with Crippen molar-refractivity contribution >= 4 is 10.1 Å². The molecule has 0 unspecified atom stereocenters. The van der Waals surface area contributed by atoms with E-state index in [1.807, 2.05) is 6.92 Å². The molecule has 0 saturated carbocycles. The first kappa shape index (κ1) is 11.8. The smallest absolute Gasteiger partial charge is 0.253 e. The van der Waals surface area contributed by atoms with Gasteiger partial charge in [0.2, 0.25) is 0 Å². The van der Waals surface area contributed by atoms with E-state index in [-0.39, 0.29) is 11.5 Å². The van der Waals surface area contributed by atoms with Gasteiger partial charge < -0.3 is 0 Å². The van der Waals surface area contributed by atoms with Crippen molar-refractivity contribution < 1.29 is 12.6 Å². The monoisotopic (exact) mass is 224 g/mol. The molecule has 0 saturated heterocycles. The summed E-state index contributed by atoms with van der Waals surface area (Å²) in [5, 5.41) is 0. The fraction of sp³-hybridized carbons (Fsp3) is 0.273. The van der Waals surface area contributed by atoms with Gasteiger partial charge in [-0.05, 0) is 26.0 Å². The lowest BCUT2D eigenvalue weighted by atomic mass is 10.2. The predicted molar refractivity (Wildman–Crippen MR) is 57.8 cm³/mol. The Morgan fingerprint density at radius 3 is 2.40 bits per heavy atom. The van der Waals surface area contributed by atoms with Gasteiger partial charge in [0.25, 0.3) is 10.1 Å². The van der Waals surface area contributed by atoms with Gasteiger partial charge in [-0.1, -0.05) is 23.6 Å². The Morgan fingerprint density at radius 1 is 1.27 bits per heavy atom. The molecule has 0 fully saturated rings. The Hall–Kier alpha value is -1.31. The highest BCUT2D eigenvalue weighted by Gasteiger charge is 2.13. The molecule has 3 nitrogen and oxygen atoms in total. The first-order chi connectivity index (χ1) is 7.06. The lowest BCUT2D eigenvalue weighted by molar-refractivity contribution is 0.363. The van der Waals surface area contributed by atoms with E-state index in [0.717, 1.165) is 5.56 Å². The molecule has 0 radical (unpaired) electrons. The van der Waals surface area contributed by atoms with Crippen LogP contribution in [-0.4, -0.2) is 15.0 Å². The maximum absolute atomic E-state index is 11.5. The van der Waals surface area contributed by atoms with Crippen LogP contribution in [0.2, 0.25) is 0 Å². The summed E-state index contributed by atoms with van der Waals surface area (Å²) in [7, 11) is -3.65. The molecule has 0 atom stereocenters. The second kappa shape index (κ2) is 4.96. The fourth-order valence-electron chi connectivity index (χ4n) is 0.952. The van der Waals surface area contributed by atoms with E-state index >= 15 is 0 Å². The molecule has 1 rings (SSSR count). The van der Waals surface area contributed by atoms with Gasteiger partial charge >= 0.3 is 0 Å². The summed E-state index contributed by atoms with van der Waals surface area (Å²) >= 11 is 0. The summed E-state index contributed by atoms with van der Waals surface area (Å²) in [6.07, 6.45) is 0. The van der Waals surface area contributed by atoms with Crippen LogP contribution >= 0.6 is 0 Å². The Morgan fingerprint density at radius 2 is 1.87 bits per heavy atom. The molecule has 1 aromatic carbocycles. The van der Waals surface area contributed by atoms with Crippen molar-refractivity contribution in [3.8, 4) is 11.8 Å². The van der Waals surface area contributed by atoms with Crippen LogP contribution in [-0.2, 0) is 14.3 Å². The minimum Gasteiger partial charge on any atom is -0.253 e. The van der Waals surface area contributed by atoms with Crippen LogP contribution in [0.3, 0.4) is 0 Å². The molecule has 0 bridgehead atoms. The second-order valence-corrected chi connectivity index (χ2v) is 4.57. The van der Waals surface area contributed by atoms with E-state index in [0.29, 0.717) is 0 Å². The Labute approximate surface area is 90.2 Å². The maximum Gasteiger partial charge on any atom is 0.297 e. The first-order valence-corrected chi connectivity index (χ1v) is 5.83. The molecule has 0 aromatic heterocycles. The van der Waals surface area contributed by atoms with Gasteiger partial charge in [-0.25, -0.2) is 0 Å². The van der Waals surface area contributed by atoms with E-state index in [9.17, 15) is 8.42 Å². The highest BCUT2D eigenvalue weighted by Crippen LogP contribution is 2.12. The number of aryl methyl sites for hydroxylation is 1. The van der Waals surface area contributed by atoms with Crippen molar-refractivity contribution in [2.24, 2.45) is 0 Å². The first-order valence-electron chi connectivity index (χ1n) is 4.42. The molecule has 4 heteroatoms. The summed E-state index contributed by atoms with van der Waals surface area (Å²) in [5.41, 5.74) is 1.00. The number of hydrogen-bond donors (Lipinski definition) is 0. The molecule has 0 aliphatic heterocycles. The molecular formula is C11H12O3S. The molecule has 0 heterocycles. The zero-order valence-electron chi connectivity index (χ0n) is 8.65. The molecule has 0 N–H and O–H groups in total. The zero-order valence-corrected chi connectivity index (χ0v) is 9.47. The van der Waals surface area contributed by atoms with Crippen LogP contribution in [0.25, 0.3) is 0 Å². The highest BCUT2D eigenvalue weighted by atomic mass is 32.2. The van der Waals surface area contributed by atoms with Crippen molar-refractivity contribution in [1.82, 2.24) is 0 Å². The molecule has 0 aliphatic carbocycles. The molecular weight excluding hydrogens is 212 g/mol. The average Bonchev–Trinajstić information content (AvgIpc) is 2.18. The third-order valence-electron chi connectivity index (χ3n) is 1.77. The van der Waals surface area contributed by atoms with E-state index in [2.05, 4.69) is 11.8 Å². The maximum atomic E-state index is 11.5. The van der Waals surface area contributed by atoms with Gasteiger partial charge in [0.1, 0.15) is 6.61 Å². The minimum atomic E-state index is -3.65. The van der Waals surface area contributed by atoms with Gasteiger partial charge in [-0.15, -0.1) is 5.92 Å². The van der Waals surface area contributed by atoms with Crippen LogP contribution in [0.4, 0.5) is 0 Å². The largest absolute Gasteiger partial charge is 0.297 e. The molecule has 0 aliphatic rings. The number of rotatable bonds is 3. The topological polar surface area (TPSA) is 43.4 Å². The number of hydrogen-bond acceptors (Lipinski definition) is 3. The van der Waals surface area contributed by atoms with Gasteiger partial charge in [-0.2, -0.15) is 8.42 Å². The predicted octanol–water partition coefficient (Wildman–Crippen LogP) is 1.72. The Balaban J connectivity index is 2.85. The molecule has 15 heavy (non-hydrogen) atoms. The van der Waals surface area contributed by atoms with Gasteiger partial charge in [0, 0.05) is 0 Å². The molecule has 1 aromatic rings. The Kier molecular flexibility index (Phi) is 3.89. The summed E-state index contributed by atoms with van der Waals surface area (Å²) in [5.74, 6) is 5.10. The van der Waals surface area contributed by atoms with Crippen molar-refractivity contribution in [3.05, 3.63) is 29.8 Å². The van der Waals surface area contributed by atoms with Crippen LogP contribution in [0.1, 0.15) is 12.5 Å². The van der Waals surface area contributed by atoms with Crippen molar-refractivity contribution in [3.63, 3.8) is 0 Å². The van der Waals surface area contributed by atoms with Crippen LogP contribution in [0, 0.1) is 18.8 Å². The lowest BCUT2D eigenvalue weighted by Crippen LogP contribution is -2.06. The molecule has 80 valence electrons. The summed E-state index contributed by atoms with van der Waals surface area (Å²) in [6, 6.07) is 6.48. The third kappa shape index (κ3) is 3.39. The lowest BCUT2D eigenvalue weighted by Gasteiger charge is -2.02. The summed E-state index contributed by atoms with van der Waals surface area (Å²) in [4.78, 5) is 0.158. The molecule has 0 spiro atoms. The number of benzene rings is 1. The van der Waals surface area contributed by atoms with E-state index < -0.39 is 10.1 Å². The quantitative estimate of drug-likeness (QED) is 0.580.